The van der Waals surface area contributed by atoms with E-state index in [0.29, 0.717) is 6.54 Å². The molecule has 0 aliphatic carbocycles. The third-order valence-corrected chi connectivity index (χ3v) is 3.81. The molecule has 0 heterocycles. The van der Waals surface area contributed by atoms with E-state index >= 15 is 0 Å². The van der Waals surface area contributed by atoms with Gasteiger partial charge in [0.2, 0.25) is 0 Å². The van der Waals surface area contributed by atoms with E-state index in [9.17, 15) is 0 Å². The predicted octanol–water partition coefficient (Wildman–Crippen LogP) is 2.49. The zero-order chi connectivity index (χ0) is 13.8. The number of nitrogens with zero attached hydrogens (tertiary/aromatic N) is 1. The summed E-state index contributed by atoms with van der Waals surface area (Å²) in [6.07, 6.45) is 0.920. The summed E-state index contributed by atoms with van der Waals surface area (Å²) in [6, 6.07) is 6.52. The summed E-state index contributed by atoms with van der Waals surface area (Å²) in [7, 11) is 3.84. The van der Waals surface area contributed by atoms with Crippen LogP contribution in [0.2, 0.25) is 0 Å². The minimum Gasteiger partial charge on any atom is -0.385 e. The molecule has 0 aliphatic heterocycles. The number of hydrogen-bond donors (Lipinski definition) is 1. The predicted molar refractivity (Wildman–Crippen MR) is 78.3 cm³/mol. The topological polar surface area (TPSA) is 38.5 Å². The first kappa shape index (κ1) is 15.0. The molecular formula is C15H26N2O. The van der Waals surface area contributed by atoms with E-state index in [1.54, 1.807) is 7.11 Å². The Kier molecular flexibility index (Phi) is 5.17. The smallest absolute Gasteiger partial charge is 0.0514 e. The van der Waals surface area contributed by atoms with Crippen LogP contribution in [-0.2, 0) is 4.74 Å². The molecule has 0 bridgehead atoms. The molecule has 0 amide bonds. The Balaban J connectivity index is 2.98. The molecule has 0 aromatic heterocycles. The Labute approximate surface area is 111 Å². The fraction of sp³-hybridized carbons (Fsp3) is 0.600. The van der Waals surface area contributed by atoms with Crippen LogP contribution in [0.3, 0.4) is 0 Å². The van der Waals surface area contributed by atoms with Crippen LogP contribution in [0.1, 0.15) is 24.5 Å². The van der Waals surface area contributed by atoms with Gasteiger partial charge >= 0.3 is 0 Å². The maximum Gasteiger partial charge on any atom is 0.0514 e. The van der Waals surface area contributed by atoms with Crippen molar-refractivity contribution in [3.63, 3.8) is 0 Å². The van der Waals surface area contributed by atoms with Gasteiger partial charge in [0, 0.05) is 33.0 Å². The lowest BCUT2D eigenvalue weighted by Crippen LogP contribution is -2.51. The zero-order valence-corrected chi connectivity index (χ0v) is 12.3. The lowest BCUT2D eigenvalue weighted by molar-refractivity contribution is 0.172. The van der Waals surface area contributed by atoms with Crippen LogP contribution < -0.4 is 10.6 Å². The summed E-state index contributed by atoms with van der Waals surface area (Å²) >= 11 is 0. The normalized spacial score (nSPS) is 14.3. The fourth-order valence-electron chi connectivity index (χ4n) is 2.20. The van der Waals surface area contributed by atoms with Crippen molar-refractivity contribution in [3.05, 3.63) is 29.3 Å². The fourth-order valence-corrected chi connectivity index (χ4v) is 2.20. The summed E-state index contributed by atoms with van der Waals surface area (Å²) in [6.45, 7) is 7.78. The van der Waals surface area contributed by atoms with Crippen molar-refractivity contribution < 1.29 is 4.74 Å². The molecule has 102 valence electrons. The number of anilines is 1. The first-order valence-electron chi connectivity index (χ1n) is 6.44. The second-order valence-electron chi connectivity index (χ2n) is 5.29. The number of hydrogen-bond acceptors (Lipinski definition) is 3. The average molecular weight is 250 g/mol. The van der Waals surface area contributed by atoms with Gasteiger partial charge in [0.05, 0.1) is 5.54 Å². The molecule has 18 heavy (non-hydrogen) atoms. The SMILES string of the molecule is COCCC(C)(CN)N(C)c1ccc(C)cc1C. The molecule has 0 aliphatic rings. The molecule has 0 spiro atoms. The van der Waals surface area contributed by atoms with Gasteiger partial charge in [-0.05, 0) is 38.8 Å². The minimum absolute atomic E-state index is 0.0734. The van der Waals surface area contributed by atoms with Crippen LogP contribution in [0.15, 0.2) is 18.2 Å². The number of rotatable bonds is 6. The second kappa shape index (κ2) is 6.21. The van der Waals surface area contributed by atoms with E-state index in [1.807, 2.05) is 0 Å². The van der Waals surface area contributed by atoms with Crippen molar-refractivity contribution >= 4 is 5.69 Å². The molecule has 1 aromatic carbocycles. The molecule has 0 saturated carbocycles. The molecule has 0 fully saturated rings. The van der Waals surface area contributed by atoms with Crippen LogP contribution >= 0.6 is 0 Å². The van der Waals surface area contributed by atoms with E-state index in [1.165, 1.54) is 16.8 Å². The standard InChI is InChI=1S/C15H26N2O/c1-12-6-7-14(13(2)10-12)17(4)15(3,11-16)8-9-18-5/h6-7,10H,8-9,11,16H2,1-5H3. The molecule has 1 unspecified atom stereocenters. The molecule has 3 nitrogen and oxygen atoms in total. The second-order valence-corrected chi connectivity index (χ2v) is 5.29. The molecule has 1 rings (SSSR count). The molecule has 1 aromatic rings. The Hall–Kier alpha value is -1.06. The van der Waals surface area contributed by atoms with E-state index in [4.69, 9.17) is 10.5 Å². The van der Waals surface area contributed by atoms with Crippen molar-refractivity contribution in [2.24, 2.45) is 5.73 Å². The molecule has 0 saturated heterocycles. The van der Waals surface area contributed by atoms with Gasteiger partial charge in [-0.15, -0.1) is 0 Å². The van der Waals surface area contributed by atoms with Gasteiger partial charge in [0.15, 0.2) is 0 Å². The van der Waals surface area contributed by atoms with Gasteiger partial charge in [0.25, 0.3) is 0 Å². The van der Waals surface area contributed by atoms with E-state index in [2.05, 4.69) is 50.9 Å². The average Bonchev–Trinajstić information content (AvgIpc) is 2.35. The van der Waals surface area contributed by atoms with Gasteiger partial charge in [0.1, 0.15) is 0 Å². The number of nitrogens with two attached hydrogens (primary N) is 1. The van der Waals surface area contributed by atoms with Crippen LogP contribution in [0.5, 0.6) is 0 Å². The van der Waals surface area contributed by atoms with E-state index in [-0.39, 0.29) is 5.54 Å². The van der Waals surface area contributed by atoms with Crippen molar-refractivity contribution in [3.8, 4) is 0 Å². The Bertz CT molecular complexity index is 392. The van der Waals surface area contributed by atoms with Gasteiger partial charge in [-0.2, -0.15) is 0 Å². The number of benzene rings is 1. The van der Waals surface area contributed by atoms with Gasteiger partial charge in [-0.25, -0.2) is 0 Å². The Morgan fingerprint density at radius 1 is 1.33 bits per heavy atom. The van der Waals surface area contributed by atoms with Gasteiger partial charge in [-0.1, -0.05) is 17.7 Å². The molecule has 0 radical (unpaired) electrons. The number of aryl methyl sites for hydroxylation is 2. The van der Waals surface area contributed by atoms with Crippen LogP contribution in [0.4, 0.5) is 5.69 Å². The van der Waals surface area contributed by atoms with Gasteiger partial charge in [-0.3, -0.25) is 0 Å². The monoisotopic (exact) mass is 250 g/mol. The van der Waals surface area contributed by atoms with Crippen LogP contribution in [-0.4, -0.2) is 32.8 Å². The van der Waals surface area contributed by atoms with Gasteiger partial charge < -0.3 is 15.4 Å². The molecule has 3 heteroatoms. The number of methoxy groups -OCH3 is 1. The minimum atomic E-state index is -0.0734. The quantitative estimate of drug-likeness (QED) is 0.843. The first-order valence-corrected chi connectivity index (χ1v) is 6.44. The van der Waals surface area contributed by atoms with Crippen molar-refractivity contribution in [2.75, 3.05) is 32.2 Å². The van der Waals surface area contributed by atoms with E-state index < -0.39 is 0 Å². The zero-order valence-electron chi connectivity index (χ0n) is 12.3. The Morgan fingerprint density at radius 3 is 2.50 bits per heavy atom. The van der Waals surface area contributed by atoms with Crippen molar-refractivity contribution in [1.82, 2.24) is 0 Å². The largest absolute Gasteiger partial charge is 0.385 e. The highest BCUT2D eigenvalue weighted by atomic mass is 16.5. The lowest BCUT2D eigenvalue weighted by Gasteiger charge is -2.40. The highest BCUT2D eigenvalue weighted by Crippen LogP contribution is 2.28. The summed E-state index contributed by atoms with van der Waals surface area (Å²) < 4.78 is 5.19. The lowest BCUT2D eigenvalue weighted by atomic mass is 9.94. The summed E-state index contributed by atoms with van der Waals surface area (Å²) in [4.78, 5) is 2.28. The number of ether oxygens (including phenoxy) is 1. The summed E-state index contributed by atoms with van der Waals surface area (Å²) in [5.41, 5.74) is 9.71. The Morgan fingerprint density at radius 2 is 2.00 bits per heavy atom. The molecule has 1 atom stereocenters. The van der Waals surface area contributed by atoms with Crippen molar-refractivity contribution in [1.29, 1.82) is 0 Å². The highest BCUT2D eigenvalue weighted by Gasteiger charge is 2.28. The number of likely N-dealkylation sites (N-methyl/N-ethyl adjacent to an activating group) is 1. The maximum atomic E-state index is 5.97. The molecule has 2 N–H and O–H groups in total. The summed E-state index contributed by atoms with van der Waals surface area (Å²) in [5.74, 6) is 0. The third kappa shape index (κ3) is 3.24. The van der Waals surface area contributed by atoms with Crippen LogP contribution in [0, 0.1) is 13.8 Å². The van der Waals surface area contributed by atoms with Crippen LogP contribution in [0.25, 0.3) is 0 Å². The highest BCUT2D eigenvalue weighted by molar-refractivity contribution is 5.55. The first-order chi connectivity index (χ1) is 8.44. The summed E-state index contributed by atoms with van der Waals surface area (Å²) in [5, 5.41) is 0. The molecular weight excluding hydrogens is 224 g/mol. The van der Waals surface area contributed by atoms with E-state index in [0.717, 1.165) is 13.0 Å². The third-order valence-electron chi connectivity index (χ3n) is 3.81. The maximum absolute atomic E-state index is 5.97. The van der Waals surface area contributed by atoms with Crippen molar-refractivity contribution in [2.45, 2.75) is 32.7 Å².